The molecule has 2 unspecified atom stereocenters. The predicted octanol–water partition coefficient (Wildman–Crippen LogP) is 3.12. The van der Waals surface area contributed by atoms with Crippen LogP contribution in [0, 0.1) is 5.92 Å². The van der Waals surface area contributed by atoms with Crippen molar-refractivity contribution in [2.45, 2.75) is 64.6 Å². The van der Waals surface area contributed by atoms with Crippen LogP contribution in [0.25, 0.3) is 0 Å². The second-order valence-corrected chi connectivity index (χ2v) is 7.03. The Balaban J connectivity index is 1.61. The van der Waals surface area contributed by atoms with Crippen LogP contribution >= 0.6 is 0 Å². The van der Waals surface area contributed by atoms with E-state index in [1.54, 1.807) is 0 Å². The molecule has 1 saturated carbocycles. The van der Waals surface area contributed by atoms with Crippen LogP contribution in [0.3, 0.4) is 0 Å². The van der Waals surface area contributed by atoms with Gasteiger partial charge in [-0.3, -0.25) is 9.59 Å². The van der Waals surface area contributed by atoms with Crippen molar-refractivity contribution in [3.63, 3.8) is 0 Å². The molecule has 1 heterocycles. The fourth-order valence-electron chi connectivity index (χ4n) is 3.41. The van der Waals surface area contributed by atoms with E-state index in [1.807, 2.05) is 29.2 Å². The fourth-order valence-corrected chi connectivity index (χ4v) is 3.41. The topological polar surface area (TPSA) is 49.4 Å². The number of benzene rings is 1. The van der Waals surface area contributed by atoms with Crippen molar-refractivity contribution >= 4 is 11.8 Å². The molecule has 4 heteroatoms. The predicted molar refractivity (Wildman–Crippen MR) is 90.0 cm³/mol. The Labute approximate surface area is 138 Å². The maximum absolute atomic E-state index is 12.8. The highest BCUT2D eigenvalue weighted by atomic mass is 16.2. The first-order valence-corrected chi connectivity index (χ1v) is 8.75. The van der Waals surface area contributed by atoms with Gasteiger partial charge < -0.3 is 10.2 Å². The first-order valence-electron chi connectivity index (χ1n) is 8.75. The summed E-state index contributed by atoms with van der Waals surface area (Å²) in [5, 5.41) is 2.95. The summed E-state index contributed by atoms with van der Waals surface area (Å²) < 4.78 is 0. The van der Waals surface area contributed by atoms with Gasteiger partial charge in [0, 0.05) is 30.1 Å². The number of carbonyl (C=O) groups is 2. The van der Waals surface area contributed by atoms with E-state index < -0.39 is 0 Å². The molecule has 124 valence electrons. The second kappa shape index (κ2) is 6.73. The molecule has 23 heavy (non-hydrogen) atoms. The number of likely N-dealkylation sites (tertiary alicyclic amines) is 1. The summed E-state index contributed by atoms with van der Waals surface area (Å²) in [4.78, 5) is 26.4. The summed E-state index contributed by atoms with van der Waals surface area (Å²) in [5.41, 5.74) is 1.78. The monoisotopic (exact) mass is 314 g/mol. The number of piperidine rings is 1. The molecule has 2 fully saturated rings. The highest BCUT2D eigenvalue weighted by molar-refractivity contribution is 5.94. The Hall–Kier alpha value is -1.84. The van der Waals surface area contributed by atoms with E-state index in [4.69, 9.17) is 0 Å². The van der Waals surface area contributed by atoms with E-state index in [9.17, 15) is 9.59 Å². The first kappa shape index (κ1) is 16.0. The molecular formula is C19H26N2O2. The van der Waals surface area contributed by atoms with Gasteiger partial charge in [0.2, 0.25) is 5.91 Å². The van der Waals surface area contributed by atoms with Crippen LogP contribution in [0.15, 0.2) is 24.3 Å². The molecule has 1 saturated heterocycles. The van der Waals surface area contributed by atoms with E-state index in [0.717, 1.165) is 36.8 Å². The van der Waals surface area contributed by atoms with E-state index in [-0.39, 0.29) is 17.7 Å². The first-order chi connectivity index (χ1) is 11.1. The number of carbonyl (C=O) groups excluding carboxylic acids is 2. The number of hydrogen-bond donors (Lipinski definition) is 1. The third kappa shape index (κ3) is 3.74. The minimum atomic E-state index is 0.123. The Morgan fingerprint density at radius 1 is 1.04 bits per heavy atom. The highest BCUT2D eigenvalue weighted by Gasteiger charge is 2.30. The van der Waals surface area contributed by atoms with Gasteiger partial charge >= 0.3 is 0 Å². The van der Waals surface area contributed by atoms with Crippen molar-refractivity contribution in [1.82, 2.24) is 10.2 Å². The lowest BCUT2D eigenvalue weighted by atomic mass is 9.96. The lowest BCUT2D eigenvalue weighted by Crippen LogP contribution is -2.47. The summed E-state index contributed by atoms with van der Waals surface area (Å²) in [7, 11) is 0. The molecule has 0 aromatic heterocycles. The third-order valence-electron chi connectivity index (χ3n) is 5.04. The van der Waals surface area contributed by atoms with E-state index in [1.165, 1.54) is 6.42 Å². The van der Waals surface area contributed by atoms with E-state index >= 15 is 0 Å². The zero-order chi connectivity index (χ0) is 16.4. The van der Waals surface area contributed by atoms with Crippen LogP contribution in [0.5, 0.6) is 0 Å². The number of nitrogens with one attached hydrogen (secondary N) is 1. The molecule has 2 atom stereocenters. The summed E-state index contributed by atoms with van der Waals surface area (Å²) in [5.74, 6) is 0.511. The smallest absolute Gasteiger partial charge is 0.254 e. The average Bonchev–Trinajstić information content (AvgIpc) is 3.38. The van der Waals surface area contributed by atoms with Crippen LogP contribution in [-0.4, -0.2) is 28.8 Å². The molecule has 1 N–H and O–H groups in total. The minimum absolute atomic E-state index is 0.123. The summed E-state index contributed by atoms with van der Waals surface area (Å²) in [6.45, 7) is 4.81. The van der Waals surface area contributed by atoms with Crippen LogP contribution < -0.4 is 5.32 Å². The quantitative estimate of drug-likeness (QED) is 0.928. The zero-order valence-electron chi connectivity index (χ0n) is 14.0. The minimum Gasteiger partial charge on any atom is -0.352 e. The summed E-state index contributed by atoms with van der Waals surface area (Å²) in [6, 6.07) is 8.27. The van der Waals surface area contributed by atoms with Gasteiger partial charge in [-0.15, -0.1) is 0 Å². The van der Waals surface area contributed by atoms with Gasteiger partial charge in [0.25, 0.3) is 5.91 Å². The largest absolute Gasteiger partial charge is 0.352 e. The van der Waals surface area contributed by atoms with Crippen LogP contribution in [0.4, 0.5) is 0 Å². The molecule has 1 aromatic carbocycles. The molecule has 1 aliphatic carbocycles. The molecule has 2 amide bonds. The van der Waals surface area contributed by atoms with Crippen LogP contribution in [0.1, 0.15) is 61.9 Å². The van der Waals surface area contributed by atoms with Crippen molar-refractivity contribution in [1.29, 1.82) is 0 Å². The summed E-state index contributed by atoms with van der Waals surface area (Å²) in [6.07, 6.45) is 5.41. The average molecular weight is 314 g/mol. The third-order valence-corrected chi connectivity index (χ3v) is 5.04. The van der Waals surface area contributed by atoms with Crippen molar-refractivity contribution in [3.05, 3.63) is 35.4 Å². The van der Waals surface area contributed by atoms with Crippen LogP contribution in [0.2, 0.25) is 0 Å². The molecule has 0 radical (unpaired) electrons. The molecule has 3 rings (SSSR count). The number of rotatable bonds is 4. The van der Waals surface area contributed by atoms with Gasteiger partial charge in [-0.05, 0) is 63.6 Å². The normalized spacial score (nSPS) is 24.3. The van der Waals surface area contributed by atoms with E-state index in [0.29, 0.717) is 18.6 Å². The van der Waals surface area contributed by atoms with Gasteiger partial charge in [-0.1, -0.05) is 12.1 Å². The molecule has 0 spiro atoms. The van der Waals surface area contributed by atoms with Gasteiger partial charge in [-0.25, -0.2) is 0 Å². The molecule has 1 aliphatic heterocycles. The van der Waals surface area contributed by atoms with Crippen LogP contribution in [-0.2, 0) is 11.3 Å². The highest BCUT2D eigenvalue weighted by Crippen LogP contribution is 2.29. The Bertz CT molecular complexity index is 568. The van der Waals surface area contributed by atoms with Gasteiger partial charge in [0.1, 0.15) is 0 Å². The van der Waals surface area contributed by atoms with E-state index in [2.05, 4.69) is 19.2 Å². The second-order valence-electron chi connectivity index (χ2n) is 7.03. The zero-order valence-corrected chi connectivity index (χ0v) is 14.0. The lowest BCUT2D eigenvalue weighted by molar-refractivity contribution is -0.122. The van der Waals surface area contributed by atoms with Crippen molar-refractivity contribution in [2.24, 2.45) is 5.92 Å². The number of hydrogen-bond acceptors (Lipinski definition) is 2. The summed E-state index contributed by atoms with van der Waals surface area (Å²) >= 11 is 0. The van der Waals surface area contributed by atoms with Crippen molar-refractivity contribution < 1.29 is 9.59 Å². The van der Waals surface area contributed by atoms with Gasteiger partial charge in [-0.2, -0.15) is 0 Å². The maximum Gasteiger partial charge on any atom is 0.254 e. The molecule has 1 aromatic rings. The SMILES string of the molecule is CC1CCCC(C)N1C(=O)c1ccc(CNC(=O)C2CC2)cc1. The molecular weight excluding hydrogens is 288 g/mol. The maximum atomic E-state index is 12.8. The van der Waals surface area contributed by atoms with Crippen molar-refractivity contribution in [3.8, 4) is 0 Å². The Kier molecular flexibility index (Phi) is 4.69. The van der Waals surface area contributed by atoms with Gasteiger partial charge in [0.05, 0.1) is 0 Å². The van der Waals surface area contributed by atoms with Crippen molar-refractivity contribution in [2.75, 3.05) is 0 Å². The van der Waals surface area contributed by atoms with Gasteiger partial charge in [0.15, 0.2) is 0 Å². The standard InChI is InChI=1S/C19H26N2O2/c1-13-4-3-5-14(2)21(13)19(23)17-8-6-15(7-9-17)12-20-18(22)16-10-11-16/h6-9,13-14,16H,3-5,10-12H2,1-2H3,(H,20,22). The molecule has 0 bridgehead atoms. The number of nitrogens with zero attached hydrogens (tertiary/aromatic N) is 1. The number of amides is 2. The lowest BCUT2D eigenvalue weighted by Gasteiger charge is -2.39. The Morgan fingerprint density at radius 2 is 1.65 bits per heavy atom. The molecule has 4 nitrogen and oxygen atoms in total. The Morgan fingerprint density at radius 3 is 2.22 bits per heavy atom. The molecule has 2 aliphatic rings. The fraction of sp³-hybridized carbons (Fsp3) is 0.579.